The maximum Gasteiger partial charge on any atom is 0.122 e. The molecular weight excluding hydrogens is 186 g/mol. The third-order valence-corrected chi connectivity index (χ3v) is 3.55. The lowest BCUT2D eigenvalue weighted by atomic mass is 9.88. The molecule has 0 radical (unpaired) electrons. The summed E-state index contributed by atoms with van der Waals surface area (Å²) in [5.41, 5.74) is 8.83. The minimum atomic E-state index is 0.178. The zero-order valence-electron chi connectivity index (χ0n) is 9.71. The number of rotatable bonds is 3. The number of aryl methyl sites for hydroxylation is 1. The minimum absolute atomic E-state index is 0.178. The summed E-state index contributed by atoms with van der Waals surface area (Å²) in [5, 5.41) is 0. The van der Waals surface area contributed by atoms with Gasteiger partial charge in [0.25, 0.3) is 0 Å². The summed E-state index contributed by atoms with van der Waals surface area (Å²) in [6.45, 7) is 4.20. The Morgan fingerprint density at radius 3 is 2.53 bits per heavy atom. The summed E-state index contributed by atoms with van der Waals surface area (Å²) in [6, 6.07) is 6.55. The topological polar surface area (TPSA) is 35.2 Å². The Balaban J connectivity index is 2.46. The molecule has 2 N–H and O–H groups in total. The van der Waals surface area contributed by atoms with Gasteiger partial charge in [-0.2, -0.15) is 0 Å². The van der Waals surface area contributed by atoms with Crippen molar-refractivity contribution in [2.75, 3.05) is 7.11 Å². The summed E-state index contributed by atoms with van der Waals surface area (Å²) < 4.78 is 5.42. The number of nitrogens with two attached hydrogens (primary N) is 1. The van der Waals surface area contributed by atoms with Crippen LogP contribution >= 0.6 is 0 Å². The second-order valence-electron chi connectivity index (χ2n) is 4.65. The zero-order valence-corrected chi connectivity index (χ0v) is 9.71. The van der Waals surface area contributed by atoms with Crippen LogP contribution in [0.2, 0.25) is 0 Å². The van der Waals surface area contributed by atoms with Gasteiger partial charge in [-0.3, -0.25) is 0 Å². The van der Waals surface area contributed by atoms with Crippen LogP contribution in [0.5, 0.6) is 5.75 Å². The first-order chi connectivity index (χ1) is 7.10. The third kappa shape index (κ3) is 1.63. The van der Waals surface area contributed by atoms with Crippen molar-refractivity contribution in [2.24, 2.45) is 5.73 Å². The SMILES string of the molecule is COc1ccc(C)cc1C1(C(C)N)CC1. The van der Waals surface area contributed by atoms with Gasteiger partial charge in [-0.25, -0.2) is 0 Å². The molecule has 1 unspecified atom stereocenters. The monoisotopic (exact) mass is 205 g/mol. The molecular formula is C13H19NO. The highest BCUT2D eigenvalue weighted by atomic mass is 16.5. The van der Waals surface area contributed by atoms with Gasteiger partial charge in [0.05, 0.1) is 7.11 Å². The van der Waals surface area contributed by atoms with Crippen LogP contribution in [0.4, 0.5) is 0 Å². The second-order valence-corrected chi connectivity index (χ2v) is 4.65. The van der Waals surface area contributed by atoms with E-state index in [4.69, 9.17) is 10.5 Å². The molecule has 0 amide bonds. The fourth-order valence-electron chi connectivity index (χ4n) is 2.32. The van der Waals surface area contributed by atoms with Gasteiger partial charge in [0, 0.05) is 17.0 Å². The van der Waals surface area contributed by atoms with Gasteiger partial charge in [0.15, 0.2) is 0 Å². The fraction of sp³-hybridized carbons (Fsp3) is 0.538. The highest BCUT2D eigenvalue weighted by Crippen LogP contribution is 2.53. The molecule has 82 valence electrons. The molecule has 0 aromatic heterocycles. The van der Waals surface area contributed by atoms with Gasteiger partial charge in [-0.1, -0.05) is 17.7 Å². The first-order valence-electron chi connectivity index (χ1n) is 5.51. The Bertz CT molecular complexity index is 367. The normalized spacial score (nSPS) is 19.7. The molecule has 15 heavy (non-hydrogen) atoms. The van der Waals surface area contributed by atoms with Gasteiger partial charge >= 0.3 is 0 Å². The second kappa shape index (κ2) is 3.53. The van der Waals surface area contributed by atoms with Crippen LogP contribution in [0.1, 0.15) is 30.9 Å². The smallest absolute Gasteiger partial charge is 0.122 e. The van der Waals surface area contributed by atoms with Crippen LogP contribution in [0.25, 0.3) is 0 Å². The Hall–Kier alpha value is -1.02. The van der Waals surface area contributed by atoms with Crippen molar-refractivity contribution in [2.45, 2.75) is 38.1 Å². The average Bonchev–Trinajstić information content (AvgIpc) is 2.98. The minimum Gasteiger partial charge on any atom is -0.496 e. The molecule has 0 aliphatic heterocycles. The summed E-state index contributed by atoms with van der Waals surface area (Å²) in [5.74, 6) is 0.982. The number of benzene rings is 1. The predicted octanol–water partition coefficient (Wildman–Crippen LogP) is 2.38. The molecule has 0 spiro atoms. The number of ether oxygens (including phenoxy) is 1. The Morgan fingerprint density at radius 2 is 2.07 bits per heavy atom. The third-order valence-electron chi connectivity index (χ3n) is 3.55. The van der Waals surface area contributed by atoms with E-state index in [1.54, 1.807) is 7.11 Å². The van der Waals surface area contributed by atoms with E-state index >= 15 is 0 Å². The van der Waals surface area contributed by atoms with Gasteiger partial charge in [-0.05, 0) is 32.8 Å². The Morgan fingerprint density at radius 1 is 1.40 bits per heavy atom. The van der Waals surface area contributed by atoms with E-state index in [1.165, 1.54) is 24.0 Å². The molecule has 1 aromatic carbocycles. The molecule has 2 rings (SSSR count). The van der Waals surface area contributed by atoms with Crippen molar-refractivity contribution >= 4 is 0 Å². The number of methoxy groups -OCH3 is 1. The molecule has 0 heterocycles. The first-order valence-corrected chi connectivity index (χ1v) is 5.51. The highest BCUT2D eigenvalue weighted by molar-refractivity contribution is 5.46. The van der Waals surface area contributed by atoms with Crippen molar-refractivity contribution in [1.29, 1.82) is 0 Å². The van der Waals surface area contributed by atoms with E-state index in [-0.39, 0.29) is 11.5 Å². The summed E-state index contributed by atoms with van der Waals surface area (Å²) in [4.78, 5) is 0. The molecule has 1 saturated carbocycles. The van der Waals surface area contributed by atoms with Crippen LogP contribution in [0.3, 0.4) is 0 Å². The summed E-state index contributed by atoms with van der Waals surface area (Å²) in [7, 11) is 1.73. The fourth-order valence-corrected chi connectivity index (χ4v) is 2.32. The zero-order chi connectivity index (χ0) is 11.1. The molecule has 1 atom stereocenters. The standard InChI is InChI=1S/C13H19NO/c1-9-4-5-12(15-3)11(8-9)13(6-7-13)10(2)14/h4-5,8,10H,6-7,14H2,1-3H3. The molecule has 0 bridgehead atoms. The van der Waals surface area contributed by atoms with Crippen molar-refractivity contribution in [3.8, 4) is 5.75 Å². The average molecular weight is 205 g/mol. The molecule has 1 aromatic rings. The predicted molar refractivity (Wildman–Crippen MR) is 62.3 cm³/mol. The quantitative estimate of drug-likeness (QED) is 0.822. The number of hydrogen-bond acceptors (Lipinski definition) is 2. The van der Waals surface area contributed by atoms with Crippen molar-refractivity contribution in [1.82, 2.24) is 0 Å². The highest BCUT2D eigenvalue weighted by Gasteiger charge is 2.49. The molecule has 0 saturated heterocycles. The molecule has 2 nitrogen and oxygen atoms in total. The van der Waals surface area contributed by atoms with Gasteiger partial charge in [0.1, 0.15) is 5.75 Å². The maximum atomic E-state index is 6.08. The Labute approximate surface area is 91.4 Å². The first kappa shape index (κ1) is 10.5. The lowest BCUT2D eigenvalue weighted by Crippen LogP contribution is -2.31. The lowest BCUT2D eigenvalue weighted by molar-refractivity contribution is 0.398. The van der Waals surface area contributed by atoms with Crippen molar-refractivity contribution in [3.05, 3.63) is 29.3 Å². The van der Waals surface area contributed by atoms with E-state index in [0.29, 0.717) is 0 Å². The van der Waals surface area contributed by atoms with Crippen LogP contribution in [0, 0.1) is 6.92 Å². The maximum absolute atomic E-state index is 6.08. The lowest BCUT2D eigenvalue weighted by Gasteiger charge is -2.23. The molecule has 1 fully saturated rings. The largest absolute Gasteiger partial charge is 0.496 e. The summed E-state index contributed by atoms with van der Waals surface area (Å²) >= 11 is 0. The van der Waals surface area contributed by atoms with Gasteiger partial charge in [0.2, 0.25) is 0 Å². The molecule has 1 aliphatic carbocycles. The number of hydrogen-bond donors (Lipinski definition) is 1. The van der Waals surface area contributed by atoms with Crippen molar-refractivity contribution in [3.63, 3.8) is 0 Å². The van der Waals surface area contributed by atoms with Crippen LogP contribution < -0.4 is 10.5 Å². The van der Waals surface area contributed by atoms with E-state index in [9.17, 15) is 0 Å². The summed E-state index contributed by atoms with van der Waals surface area (Å²) in [6.07, 6.45) is 2.37. The van der Waals surface area contributed by atoms with Gasteiger partial charge in [-0.15, -0.1) is 0 Å². The van der Waals surface area contributed by atoms with E-state index < -0.39 is 0 Å². The van der Waals surface area contributed by atoms with E-state index in [0.717, 1.165) is 5.75 Å². The molecule has 2 heteroatoms. The van der Waals surface area contributed by atoms with E-state index in [1.807, 2.05) is 6.07 Å². The Kier molecular flexibility index (Phi) is 2.47. The van der Waals surface area contributed by atoms with Gasteiger partial charge < -0.3 is 10.5 Å². The van der Waals surface area contributed by atoms with Crippen molar-refractivity contribution < 1.29 is 4.74 Å². The van der Waals surface area contributed by atoms with E-state index in [2.05, 4.69) is 26.0 Å². The molecule has 1 aliphatic rings. The van der Waals surface area contributed by atoms with Crippen LogP contribution in [-0.4, -0.2) is 13.2 Å². The van der Waals surface area contributed by atoms with Crippen LogP contribution in [0.15, 0.2) is 18.2 Å². The van der Waals surface area contributed by atoms with Crippen LogP contribution in [-0.2, 0) is 5.41 Å².